The van der Waals surface area contributed by atoms with Gasteiger partial charge in [0.15, 0.2) is 0 Å². The Kier molecular flexibility index (Phi) is 3.09. The number of carbonyl (C=O) groups is 1. The summed E-state index contributed by atoms with van der Waals surface area (Å²) < 4.78 is 5.55. The largest absolute Gasteiger partial charge is 0.481 e. The standard InChI is InChI=1S/C9H16O3/c1-3-8-6(2)4-7(12-8)5-9(10)11/h6-8H,3-5H2,1-2H3,(H,10,11). The molecule has 0 aromatic heterocycles. The number of hydrogen-bond acceptors (Lipinski definition) is 2. The van der Waals surface area contributed by atoms with E-state index in [0.29, 0.717) is 5.92 Å². The minimum atomic E-state index is -0.760. The van der Waals surface area contributed by atoms with Gasteiger partial charge in [0.25, 0.3) is 0 Å². The highest BCUT2D eigenvalue weighted by Gasteiger charge is 2.31. The van der Waals surface area contributed by atoms with Gasteiger partial charge in [0.1, 0.15) is 0 Å². The normalized spacial score (nSPS) is 35.3. The minimum Gasteiger partial charge on any atom is -0.481 e. The first kappa shape index (κ1) is 9.52. The second-order valence-electron chi connectivity index (χ2n) is 3.52. The highest BCUT2D eigenvalue weighted by atomic mass is 16.5. The molecule has 1 saturated heterocycles. The molecule has 0 radical (unpaired) electrons. The third-order valence-corrected chi connectivity index (χ3v) is 2.44. The van der Waals surface area contributed by atoms with E-state index in [0.717, 1.165) is 12.8 Å². The summed E-state index contributed by atoms with van der Waals surface area (Å²) in [6.07, 6.45) is 2.25. The van der Waals surface area contributed by atoms with Crippen molar-refractivity contribution in [3.8, 4) is 0 Å². The molecule has 3 atom stereocenters. The molecule has 70 valence electrons. The Morgan fingerprint density at radius 1 is 1.67 bits per heavy atom. The molecule has 1 rings (SSSR count). The zero-order chi connectivity index (χ0) is 9.14. The number of carboxylic acids is 1. The number of aliphatic carboxylic acids is 1. The summed E-state index contributed by atoms with van der Waals surface area (Å²) in [5.41, 5.74) is 0. The predicted octanol–water partition coefficient (Wildman–Crippen LogP) is 1.66. The van der Waals surface area contributed by atoms with Gasteiger partial charge < -0.3 is 9.84 Å². The maximum absolute atomic E-state index is 10.4. The number of rotatable bonds is 3. The summed E-state index contributed by atoms with van der Waals surface area (Å²) in [5, 5.41) is 8.54. The molecule has 0 aliphatic carbocycles. The summed E-state index contributed by atoms with van der Waals surface area (Å²) >= 11 is 0. The van der Waals surface area contributed by atoms with Crippen molar-refractivity contribution in [2.24, 2.45) is 5.92 Å². The summed E-state index contributed by atoms with van der Waals surface area (Å²) in [6.45, 7) is 4.19. The first-order chi connectivity index (χ1) is 5.63. The fourth-order valence-electron chi connectivity index (χ4n) is 1.83. The van der Waals surface area contributed by atoms with Gasteiger partial charge in [-0.25, -0.2) is 0 Å². The molecule has 3 heteroatoms. The molecule has 0 aromatic carbocycles. The lowest BCUT2D eigenvalue weighted by atomic mass is 9.99. The molecule has 0 spiro atoms. The van der Waals surface area contributed by atoms with E-state index in [2.05, 4.69) is 13.8 Å². The molecule has 0 aromatic rings. The van der Waals surface area contributed by atoms with Crippen molar-refractivity contribution in [2.45, 2.75) is 45.3 Å². The Morgan fingerprint density at radius 3 is 2.75 bits per heavy atom. The SMILES string of the molecule is CCC1OC(CC(=O)O)CC1C. The first-order valence-corrected chi connectivity index (χ1v) is 4.50. The molecule has 1 fully saturated rings. The predicted molar refractivity (Wildman–Crippen MR) is 45.0 cm³/mol. The van der Waals surface area contributed by atoms with Crippen molar-refractivity contribution in [2.75, 3.05) is 0 Å². The fraction of sp³-hybridized carbons (Fsp3) is 0.889. The van der Waals surface area contributed by atoms with E-state index in [-0.39, 0.29) is 18.6 Å². The average molecular weight is 172 g/mol. The first-order valence-electron chi connectivity index (χ1n) is 4.50. The Bertz CT molecular complexity index is 167. The number of carboxylic acid groups (broad SMARTS) is 1. The molecule has 12 heavy (non-hydrogen) atoms. The van der Waals surface area contributed by atoms with E-state index in [1.807, 2.05) is 0 Å². The molecule has 1 N–H and O–H groups in total. The van der Waals surface area contributed by atoms with Crippen LogP contribution in [-0.4, -0.2) is 23.3 Å². The van der Waals surface area contributed by atoms with Crippen LogP contribution >= 0.6 is 0 Å². The summed E-state index contributed by atoms with van der Waals surface area (Å²) in [7, 11) is 0. The quantitative estimate of drug-likeness (QED) is 0.704. The van der Waals surface area contributed by atoms with Crippen LogP contribution in [0.25, 0.3) is 0 Å². The molecule has 1 heterocycles. The highest BCUT2D eigenvalue weighted by molar-refractivity contribution is 5.67. The van der Waals surface area contributed by atoms with Crippen LogP contribution in [0.1, 0.15) is 33.1 Å². The van der Waals surface area contributed by atoms with E-state index in [1.54, 1.807) is 0 Å². The third-order valence-electron chi connectivity index (χ3n) is 2.44. The Balaban J connectivity index is 2.37. The van der Waals surface area contributed by atoms with E-state index >= 15 is 0 Å². The summed E-state index contributed by atoms with van der Waals surface area (Å²) in [6, 6.07) is 0. The van der Waals surface area contributed by atoms with Crippen LogP contribution in [0.3, 0.4) is 0 Å². The van der Waals surface area contributed by atoms with Gasteiger partial charge >= 0.3 is 5.97 Å². The monoisotopic (exact) mass is 172 g/mol. The molecule has 0 bridgehead atoms. The van der Waals surface area contributed by atoms with Crippen LogP contribution in [0.15, 0.2) is 0 Å². The molecule has 3 unspecified atom stereocenters. The molecule has 0 amide bonds. The van der Waals surface area contributed by atoms with Crippen molar-refractivity contribution in [3.63, 3.8) is 0 Å². The zero-order valence-electron chi connectivity index (χ0n) is 7.62. The molecular formula is C9H16O3. The minimum absolute atomic E-state index is 0.0533. The maximum Gasteiger partial charge on any atom is 0.305 e. The van der Waals surface area contributed by atoms with Crippen LogP contribution in [0.5, 0.6) is 0 Å². The van der Waals surface area contributed by atoms with Crippen molar-refractivity contribution in [1.29, 1.82) is 0 Å². The van der Waals surface area contributed by atoms with Crippen LogP contribution < -0.4 is 0 Å². The highest BCUT2D eigenvalue weighted by Crippen LogP contribution is 2.29. The lowest BCUT2D eigenvalue weighted by Gasteiger charge is -2.11. The van der Waals surface area contributed by atoms with Gasteiger partial charge in [-0.05, 0) is 18.8 Å². The Hall–Kier alpha value is -0.570. The fourth-order valence-corrected chi connectivity index (χ4v) is 1.83. The van der Waals surface area contributed by atoms with E-state index in [1.165, 1.54) is 0 Å². The molecule has 1 aliphatic heterocycles. The average Bonchev–Trinajstić information content (AvgIpc) is 2.29. The molecule has 0 saturated carbocycles. The second kappa shape index (κ2) is 3.90. The summed E-state index contributed by atoms with van der Waals surface area (Å²) in [5.74, 6) is -0.247. The van der Waals surface area contributed by atoms with Gasteiger partial charge in [-0.15, -0.1) is 0 Å². The Morgan fingerprint density at radius 2 is 2.33 bits per heavy atom. The Labute approximate surface area is 72.7 Å². The zero-order valence-corrected chi connectivity index (χ0v) is 7.62. The summed E-state index contributed by atoms with van der Waals surface area (Å²) in [4.78, 5) is 10.4. The lowest BCUT2D eigenvalue weighted by Crippen LogP contribution is -2.15. The third kappa shape index (κ3) is 2.21. The second-order valence-corrected chi connectivity index (χ2v) is 3.52. The van der Waals surface area contributed by atoms with Crippen LogP contribution in [-0.2, 0) is 9.53 Å². The van der Waals surface area contributed by atoms with E-state index in [9.17, 15) is 4.79 Å². The molecule has 1 aliphatic rings. The van der Waals surface area contributed by atoms with Crippen molar-refractivity contribution < 1.29 is 14.6 Å². The van der Waals surface area contributed by atoms with Gasteiger partial charge in [-0.1, -0.05) is 13.8 Å². The number of ether oxygens (including phenoxy) is 1. The lowest BCUT2D eigenvalue weighted by molar-refractivity contribution is -0.139. The van der Waals surface area contributed by atoms with Gasteiger partial charge in [-0.3, -0.25) is 4.79 Å². The van der Waals surface area contributed by atoms with Crippen LogP contribution in [0.2, 0.25) is 0 Å². The van der Waals surface area contributed by atoms with Gasteiger partial charge in [0.05, 0.1) is 18.6 Å². The van der Waals surface area contributed by atoms with E-state index < -0.39 is 5.97 Å². The van der Waals surface area contributed by atoms with Crippen molar-refractivity contribution in [1.82, 2.24) is 0 Å². The van der Waals surface area contributed by atoms with Gasteiger partial charge in [0, 0.05) is 0 Å². The smallest absolute Gasteiger partial charge is 0.305 e. The van der Waals surface area contributed by atoms with E-state index in [4.69, 9.17) is 9.84 Å². The molecule has 3 nitrogen and oxygen atoms in total. The van der Waals surface area contributed by atoms with Crippen LogP contribution in [0, 0.1) is 5.92 Å². The number of hydrogen-bond donors (Lipinski definition) is 1. The van der Waals surface area contributed by atoms with Gasteiger partial charge in [0.2, 0.25) is 0 Å². The topological polar surface area (TPSA) is 46.5 Å². The van der Waals surface area contributed by atoms with Gasteiger partial charge in [-0.2, -0.15) is 0 Å². The van der Waals surface area contributed by atoms with Crippen molar-refractivity contribution >= 4 is 5.97 Å². The maximum atomic E-state index is 10.4. The molecular weight excluding hydrogens is 156 g/mol. The van der Waals surface area contributed by atoms with Crippen molar-refractivity contribution in [3.05, 3.63) is 0 Å². The van der Waals surface area contributed by atoms with Crippen LogP contribution in [0.4, 0.5) is 0 Å².